The third kappa shape index (κ3) is 13.6. The van der Waals surface area contributed by atoms with Crippen LogP contribution in [0.25, 0.3) is 43.1 Å². The average molecular weight is 1470 g/mol. The van der Waals surface area contributed by atoms with Crippen LogP contribution in [0.3, 0.4) is 0 Å². The van der Waals surface area contributed by atoms with E-state index in [1.165, 1.54) is 184 Å². The number of fused-ring (bicyclic) bond motifs is 2. The van der Waals surface area contributed by atoms with Crippen LogP contribution in [-0.2, 0) is 32.0 Å². The van der Waals surface area contributed by atoms with Gasteiger partial charge < -0.3 is 39.1 Å². The maximum atomic E-state index is 16.6. The lowest BCUT2D eigenvalue weighted by molar-refractivity contribution is -0.130. The van der Waals surface area contributed by atoms with Gasteiger partial charge in [0.25, 0.3) is 23.6 Å². The van der Waals surface area contributed by atoms with Gasteiger partial charge >= 0.3 is 11.9 Å². The Labute approximate surface area is 637 Å². The summed E-state index contributed by atoms with van der Waals surface area (Å²) in [6.45, 7) is 10.3. The zero-order chi connectivity index (χ0) is 78.2. The maximum absolute atomic E-state index is 16.6. The van der Waals surface area contributed by atoms with Gasteiger partial charge in [-0.3, -0.25) is 38.6 Å². The molecule has 6 amide bonds. The van der Waals surface area contributed by atoms with E-state index >= 15 is 28.8 Å². The van der Waals surface area contributed by atoms with Gasteiger partial charge in [-0.2, -0.15) is 21.0 Å². The first-order chi connectivity index (χ1) is 54.3. The molecule has 2 heterocycles. The number of hydrogen-bond acceptors (Lipinski definition) is 18. The first-order valence-corrected chi connectivity index (χ1v) is 34.8. The number of rotatable bonds is 22. The molecular weight excluding hydrogens is 1420 g/mol. The number of benzene rings is 13. The number of nitriles is 4. The zero-order valence-corrected chi connectivity index (χ0v) is 59.3. The second-order valence-electron chi connectivity index (χ2n) is 26.4. The van der Waals surface area contributed by atoms with Crippen LogP contribution >= 0.6 is 0 Å². The van der Waals surface area contributed by atoms with Crippen LogP contribution < -0.4 is 39.1 Å². The summed E-state index contributed by atoms with van der Waals surface area (Å²) in [6, 6.07) is 64.0. The van der Waals surface area contributed by atoms with Crippen molar-refractivity contribution in [3.05, 3.63) is 310 Å². The SMILES string of the molecule is C=C(C)C(=O)Oc1cccc(NC(=O)C(Cc2ccccc2)N2C(=O)c3cc(Oc4ccc(C#N)cc4)c4c5c(Oc6ccc(C#N)cc6)cc6c7c(cc(Oc8ccc(C#N)cc8)c(c8c(Oc9ccc(C#N)cc9)cc(c3c48)C2=O)c75)C(=O)N(C(Cc2ccccc2)C(=O)Nc2cccc(OC(=O)C(=C)C)c2)C6=O)c1. The van der Waals surface area contributed by atoms with Crippen LogP contribution in [0.4, 0.5) is 11.4 Å². The highest BCUT2D eigenvalue weighted by Gasteiger charge is 2.47. The Balaban J connectivity index is 1.04. The van der Waals surface area contributed by atoms with Crippen molar-refractivity contribution in [3.8, 4) is 81.8 Å². The molecule has 13 aromatic carbocycles. The van der Waals surface area contributed by atoms with E-state index in [-0.39, 0.29) is 180 Å². The van der Waals surface area contributed by atoms with Crippen LogP contribution in [0.2, 0.25) is 0 Å². The van der Waals surface area contributed by atoms with E-state index in [2.05, 4.69) is 48.1 Å². The van der Waals surface area contributed by atoms with E-state index in [4.69, 9.17) is 28.4 Å². The minimum Gasteiger partial charge on any atom is -0.457 e. The third-order valence-corrected chi connectivity index (χ3v) is 18.9. The lowest BCUT2D eigenvalue weighted by Crippen LogP contribution is -2.53. The number of imide groups is 2. The number of nitrogens with zero attached hydrogens (tertiary/aromatic N) is 6. The summed E-state index contributed by atoms with van der Waals surface area (Å²) in [5.41, 5.74) is 1.67. The summed E-state index contributed by atoms with van der Waals surface area (Å²) in [5.74, 6) is -7.28. The van der Waals surface area contributed by atoms with Gasteiger partial charge in [0.05, 0.1) is 68.8 Å². The van der Waals surface area contributed by atoms with Gasteiger partial charge in [0, 0.05) is 90.6 Å². The molecule has 0 fully saturated rings. The van der Waals surface area contributed by atoms with Gasteiger partial charge in [0.1, 0.15) is 69.6 Å². The Morgan fingerprint density at radius 3 is 0.884 bits per heavy atom. The molecule has 22 heteroatoms. The van der Waals surface area contributed by atoms with Gasteiger partial charge in [0.15, 0.2) is 0 Å². The predicted octanol–water partition coefficient (Wildman–Crippen LogP) is 17.0. The number of amides is 6. The monoisotopic (exact) mass is 1470 g/mol. The molecule has 0 saturated carbocycles. The Kier molecular flexibility index (Phi) is 19.0. The fraction of sp³-hybridized carbons (Fsp3) is 0.0667. The van der Waals surface area contributed by atoms with Crippen molar-refractivity contribution in [1.29, 1.82) is 21.0 Å². The summed E-state index contributed by atoms with van der Waals surface area (Å²) in [4.78, 5) is 124. The van der Waals surface area contributed by atoms with Crippen LogP contribution in [0, 0.1) is 45.3 Å². The molecule has 0 spiro atoms. The number of carbonyl (C=O) groups excluding carboxylic acids is 8. The van der Waals surface area contributed by atoms with Gasteiger partial charge in [-0.1, -0.05) is 86.0 Å². The fourth-order valence-electron chi connectivity index (χ4n) is 13.7. The molecule has 2 unspecified atom stereocenters. The fourth-order valence-corrected chi connectivity index (χ4v) is 13.7. The number of ether oxygens (including phenoxy) is 6. The summed E-state index contributed by atoms with van der Waals surface area (Å²) >= 11 is 0. The van der Waals surface area contributed by atoms with Crippen molar-refractivity contribution in [1.82, 2.24) is 9.80 Å². The van der Waals surface area contributed by atoms with Crippen molar-refractivity contribution >= 4 is 102 Å². The van der Waals surface area contributed by atoms with Crippen LogP contribution in [0.1, 0.15) is 88.7 Å². The largest absolute Gasteiger partial charge is 0.457 e. The highest BCUT2D eigenvalue weighted by atomic mass is 16.5. The molecule has 13 aromatic rings. The maximum Gasteiger partial charge on any atom is 0.338 e. The molecule has 2 aliphatic rings. The van der Waals surface area contributed by atoms with Crippen molar-refractivity contribution in [3.63, 3.8) is 0 Å². The van der Waals surface area contributed by atoms with Crippen molar-refractivity contribution in [2.45, 2.75) is 38.8 Å². The van der Waals surface area contributed by atoms with Crippen LogP contribution in [0.15, 0.2) is 255 Å². The highest BCUT2D eigenvalue weighted by Crippen LogP contribution is 2.58. The normalized spacial score (nSPS) is 12.6. The average Bonchev–Trinajstić information content (AvgIpc) is 0.668. The Bertz CT molecular complexity index is 5740. The van der Waals surface area contributed by atoms with E-state index in [0.29, 0.717) is 11.1 Å². The summed E-state index contributed by atoms with van der Waals surface area (Å²) in [5, 5.41) is 46.3. The smallest absolute Gasteiger partial charge is 0.338 e. The molecule has 2 aliphatic heterocycles. The number of nitrogens with one attached hydrogen (secondary N) is 2. The number of esters is 2. The van der Waals surface area contributed by atoms with Gasteiger partial charge in [-0.25, -0.2) is 9.59 Å². The molecule has 0 saturated heterocycles. The van der Waals surface area contributed by atoms with Crippen LogP contribution in [0.5, 0.6) is 57.5 Å². The molecular formula is C90H56N8O14. The molecule has 0 aliphatic carbocycles. The van der Waals surface area contributed by atoms with E-state index in [1.807, 2.05) is 0 Å². The standard InChI is InChI=1S/C90H56N8O14/c1-49(2)89(105)111-63-19-11-17-57(39-63)95-83(99)69(37-51-13-7-5-8-14-51)97-85(101)65-41-71(107-59-29-21-53(45-91)22-30-59)77-79-73(109-61-33-25-55(47-93)26-34-61)43-67-76-68(88(104)98(87(67)103)70(38-52-15-9-6-10-16-52)84(100)96-58-18-12-20-64(40-58)112-90(106)50(3)4)44-74(110-62-35-27-56(48-94)28-36-62)80(82(76)79)78-72(42-66(86(97)102)75(65)81(77)78)108-60-31-23-54(46-92)24-32-60/h5-36,39-44,69-70H,1,3,37-38H2,2,4H3,(H,95,99)(H,96,100). The van der Waals surface area contributed by atoms with Crippen molar-refractivity contribution in [2.75, 3.05) is 10.6 Å². The molecule has 0 bridgehead atoms. The molecule has 15 rings (SSSR count). The lowest BCUT2D eigenvalue weighted by Gasteiger charge is -2.36. The van der Waals surface area contributed by atoms with E-state index < -0.39 is 59.5 Å². The quantitative estimate of drug-likeness (QED) is 0.0159. The predicted molar refractivity (Wildman–Crippen MR) is 412 cm³/mol. The number of carbonyl (C=O) groups is 8. The summed E-state index contributed by atoms with van der Waals surface area (Å²) in [6.07, 6.45) is -0.513. The minimum absolute atomic E-state index is 0.0261. The highest BCUT2D eigenvalue weighted by molar-refractivity contribution is 6.45. The molecule has 0 aromatic heterocycles. The summed E-state index contributed by atoms with van der Waals surface area (Å²) in [7, 11) is 0. The lowest BCUT2D eigenvalue weighted by atomic mass is 9.80. The minimum atomic E-state index is -1.67. The van der Waals surface area contributed by atoms with E-state index in [9.17, 15) is 30.6 Å². The van der Waals surface area contributed by atoms with Crippen molar-refractivity contribution < 1.29 is 66.8 Å². The zero-order valence-electron chi connectivity index (χ0n) is 59.3. The molecule has 540 valence electrons. The Morgan fingerprint density at radius 1 is 0.348 bits per heavy atom. The second-order valence-corrected chi connectivity index (χ2v) is 26.4. The molecule has 0 radical (unpaired) electrons. The first-order valence-electron chi connectivity index (χ1n) is 34.8. The van der Waals surface area contributed by atoms with Crippen molar-refractivity contribution in [2.24, 2.45) is 0 Å². The van der Waals surface area contributed by atoms with Crippen LogP contribution in [-0.4, -0.2) is 69.3 Å². The molecule has 112 heavy (non-hydrogen) atoms. The number of anilines is 2. The Morgan fingerprint density at radius 2 is 0.625 bits per heavy atom. The van der Waals surface area contributed by atoms with E-state index in [0.717, 1.165) is 9.80 Å². The molecule has 2 atom stereocenters. The topological polar surface area (TPSA) is 318 Å². The third-order valence-electron chi connectivity index (χ3n) is 18.9. The summed E-state index contributed by atoms with van der Waals surface area (Å²) < 4.78 is 39.4. The first kappa shape index (κ1) is 71.6. The van der Waals surface area contributed by atoms with Gasteiger partial charge in [0.2, 0.25) is 11.8 Å². The molecule has 22 nitrogen and oxygen atoms in total. The Hall–Kier alpha value is -16.0. The van der Waals surface area contributed by atoms with Gasteiger partial charge in [-0.05, 0) is 171 Å². The molecule has 2 N–H and O–H groups in total. The van der Waals surface area contributed by atoms with E-state index in [1.54, 1.807) is 60.7 Å². The van der Waals surface area contributed by atoms with Gasteiger partial charge in [-0.15, -0.1) is 0 Å². The second kappa shape index (κ2) is 29.7. The number of hydrogen-bond donors (Lipinski definition) is 2.